The van der Waals surface area contributed by atoms with Gasteiger partial charge < -0.3 is 0 Å². The van der Waals surface area contributed by atoms with Crippen molar-refractivity contribution in [3.63, 3.8) is 0 Å². The van der Waals surface area contributed by atoms with Gasteiger partial charge in [0.05, 0.1) is 0 Å². The fourth-order valence-corrected chi connectivity index (χ4v) is 0. The molecule has 0 aliphatic carbocycles. The van der Waals surface area contributed by atoms with E-state index in [2.05, 4.69) is 0 Å². The van der Waals surface area contributed by atoms with Crippen molar-refractivity contribution in [2.75, 3.05) is 0 Å². The van der Waals surface area contributed by atoms with E-state index in [0.717, 1.165) is 0 Å². The zero-order valence-electron chi connectivity index (χ0n) is 2.91. The summed E-state index contributed by atoms with van der Waals surface area (Å²) < 4.78 is 8.06. The molecule has 0 N–H and O–H groups in total. The van der Waals surface area contributed by atoms with Crippen LogP contribution in [0.5, 0.6) is 0 Å². The van der Waals surface area contributed by atoms with Crippen molar-refractivity contribution >= 4 is 38.9 Å². The van der Waals surface area contributed by atoms with Gasteiger partial charge in [0.25, 0.3) is 0 Å². The van der Waals surface area contributed by atoms with Gasteiger partial charge >= 0.3 is 0 Å². The minimum Gasteiger partial charge on any atom is -0.279 e. The Kier molecular flexibility index (Phi) is 241. The smallest absolute Gasteiger partial charge is 0.138 e. The summed E-state index contributed by atoms with van der Waals surface area (Å²) in [6.07, 6.45) is 0. The summed E-state index contributed by atoms with van der Waals surface area (Å²) >= 11 is 0. The molecule has 5 heteroatoms. The molecule has 0 aromatic rings. The van der Waals surface area contributed by atoms with Crippen LogP contribution < -0.4 is 0 Å². The molecule has 5 heavy (non-hydrogen) atoms. The third-order valence-corrected chi connectivity index (χ3v) is 0. The molecule has 0 saturated carbocycles. The van der Waals surface area contributed by atoms with Crippen molar-refractivity contribution in [2.24, 2.45) is 0 Å². The van der Waals surface area contributed by atoms with Gasteiger partial charge in [-0.3, -0.25) is 4.57 Å². The number of hydrogen-bond acceptors (Lipinski definition) is 1. The minimum atomic E-state index is 0. The van der Waals surface area contributed by atoms with E-state index in [0.29, 0.717) is 0 Å². The van der Waals surface area contributed by atoms with Crippen LogP contribution in [-0.4, -0.2) is 29.8 Å². The third-order valence-electron chi connectivity index (χ3n) is 0. The summed E-state index contributed by atoms with van der Waals surface area (Å²) in [6, 6.07) is 0. The fraction of sp³-hybridized carbons (Fsp3) is 0. The van der Waals surface area contributed by atoms with Crippen molar-refractivity contribution in [3.8, 4) is 0 Å². The number of rotatable bonds is 0. The monoisotopic (exact) mass is 173 g/mol. The second-order valence-corrected chi connectivity index (χ2v) is 0. The molecule has 0 spiro atoms. The van der Waals surface area contributed by atoms with Crippen molar-refractivity contribution in [2.45, 2.75) is 0 Å². The van der Waals surface area contributed by atoms with E-state index in [-0.39, 0.29) is 56.0 Å². The molecule has 0 unspecified atom stereocenters. The van der Waals surface area contributed by atoms with E-state index in [1.54, 1.807) is 9.12 Å². The van der Waals surface area contributed by atoms with Gasteiger partial charge in [0, 0.05) is 56.0 Å². The molecule has 0 atom stereocenters. The summed E-state index contributed by atoms with van der Waals surface area (Å²) in [5.41, 5.74) is 0. The number of hydrogen-bond donors (Lipinski definition) is 0. The van der Waals surface area contributed by atoms with Gasteiger partial charge in [0.2, 0.25) is 0 Å². The van der Waals surface area contributed by atoms with Crippen LogP contribution in [0.2, 0.25) is 0 Å². The Labute approximate surface area is 69.2 Å². The van der Waals surface area contributed by atoms with E-state index < -0.39 is 0 Å². The molecule has 0 heterocycles. The van der Waals surface area contributed by atoms with Crippen molar-refractivity contribution < 1.29 is 30.8 Å². The first-order valence-electron chi connectivity index (χ1n) is 0.204. The maximum absolute atomic E-state index is 8.06. The molecule has 1 nitrogen and oxygen atoms in total. The second kappa shape index (κ2) is 41.3. The molecular weight excluding hydrogens is 173 g/mol. The summed E-state index contributed by atoms with van der Waals surface area (Å²) in [4.78, 5) is 0. The van der Waals surface area contributed by atoms with Crippen LogP contribution in [0.15, 0.2) is 0 Å². The average Bonchev–Trinajstić information content (AvgIpc) is 1.00. The summed E-state index contributed by atoms with van der Waals surface area (Å²) in [5.74, 6) is 0. The first kappa shape index (κ1) is 29.2. The Hall–Kier alpha value is 1.80. The topological polar surface area (TPSA) is 17.1 Å². The van der Waals surface area contributed by atoms with Gasteiger partial charge in [-0.15, -0.1) is 0 Å². The predicted octanol–water partition coefficient (Wildman–Crippen LogP) is -0.289. The Bertz CT molecular complexity index is 11.6. The molecule has 21 valence electrons. The van der Waals surface area contributed by atoms with Crippen LogP contribution in [0, 0.1) is 0 Å². The molecule has 0 amide bonds. The van der Waals surface area contributed by atoms with Gasteiger partial charge in [0.1, 0.15) is 9.12 Å². The Morgan fingerprint density at radius 3 is 1.20 bits per heavy atom. The SMILES string of the molecule is O=P.[Li].[Si].[Zr]. The summed E-state index contributed by atoms with van der Waals surface area (Å²) in [5, 5.41) is 0. The van der Waals surface area contributed by atoms with Crippen LogP contribution in [-0.2, 0) is 30.8 Å². The van der Waals surface area contributed by atoms with Crippen LogP contribution in [0.3, 0.4) is 0 Å². The molecule has 0 rings (SSSR count). The predicted molar refractivity (Wildman–Crippen MR) is 20.5 cm³/mol. The molecule has 5 radical (unpaired) electrons. The molecule has 0 aromatic carbocycles. The molecule has 0 saturated heterocycles. The normalized spacial score (nSPS) is 0.800. The molecular formula is HLiOPSiZr. The third kappa shape index (κ3) is 25.9. The van der Waals surface area contributed by atoms with Crippen LogP contribution in [0.25, 0.3) is 0 Å². The Morgan fingerprint density at radius 2 is 1.20 bits per heavy atom. The van der Waals surface area contributed by atoms with Crippen molar-refractivity contribution in [3.05, 3.63) is 0 Å². The van der Waals surface area contributed by atoms with Gasteiger partial charge in [-0.25, -0.2) is 0 Å². The van der Waals surface area contributed by atoms with Gasteiger partial charge in [-0.1, -0.05) is 0 Å². The maximum atomic E-state index is 8.06. The first-order chi connectivity index (χ1) is 1.00. The van der Waals surface area contributed by atoms with E-state index in [9.17, 15) is 0 Å². The van der Waals surface area contributed by atoms with Gasteiger partial charge in [0.15, 0.2) is 0 Å². The van der Waals surface area contributed by atoms with E-state index in [1.807, 2.05) is 0 Å². The van der Waals surface area contributed by atoms with Crippen LogP contribution in [0.1, 0.15) is 0 Å². The van der Waals surface area contributed by atoms with Crippen LogP contribution >= 0.6 is 9.12 Å². The largest absolute Gasteiger partial charge is 0.279 e. The fourth-order valence-electron chi connectivity index (χ4n) is 0. The first-order valence-corrected chi connectivity index (χ1v) is 0.612. The zero-order chi connectivity index (χ0) is 2.00. The quantitative estimate of drug-likeness (QED) is 0.364. The Morgan fingerprint density at radius 1 is 1.20 bits per heavy atom. The Balaban J connectivity index is -0.00000000167. The van der Waals surface area contributed by atoms with Crippen molar-refractivity contribution in [1.82, 2.24) is 0 Å². The van der Waals surface area contributed by atoms with E-state index >= 15 is 0 Å². The summed E-state index contributed by atoms with van der Waals surface area (Å²) in [6.45, 7) is 0. The summed E-state index contributed by atoms with van der Waals surface area (Å²) in [7, 11) is 1.72. The minimum absolute atomic E-state index is 0. The molecule has 0 aromatic heterocycles. The van der Waals surface area contributed by atoms with E-state index in [1.165, 1.54) is 0 Å². The molecule has 0 aliphatic heterocycles. The van der Waals surface area contributed by atoms with Crippen LogP contribution in [0.4, 0.5) is 0 Å². The molecule has 0 bridgehead atoms. The van der Waals surface area contributed by atoms with Gasteiger partial charge in [-0.05, 0) is 0 Å². The molecule has 0 fully saturated rings. The van der Waals surface area contributed by atoms with E-state index in [4.69, 9.17) is 4.57 Å². The second-order valence-electron chi connectivity index (χ2n) is 0. The maximum Gasteiger partial charge on any atom is 0.138 e. The zero-order valence-corrected chi connectivity index (χ0v) is 7.37. The van der Waals surface area contributed by atoms with Gasteiger partial charge in [-0.2, -0.15) is 0 Å². The average molecular weight is 174 g/mol. The standard InChI is InChI=1S/Li.HOP.Si.Zr/c;1-2;;/h;2H;;. The molecule has 0 aliphatic rings. The van der Waals surface area contributed by atoms with Crippen molar-refractivity contribution in [1.29, 1.82) is 0 Å².